The topological polar surface area (TPSA) is 229 Å². The Labute approximate surface area is 325 Å². The van der Waals surface area contributed by atoms with Crippen molar-refractivity contribution < 1.29 is 133 Å². The Morgan fingerprint density at radius 3 is 2.02 bits per heavy atom. The number of hydrogen-bond donors (Lipinski definition) is 2. The molecule has 4 aromatic carbocycles. The van der Waals surface area contributed by atoms with E-state index < -0.39 is 57.2 Å². The summed E-state index contributed by atoms with van der Waals surface area (Å²) in [6, 6.07) is 18.1. The van der Waals surface area contributed by atoms with Gasteiger partial charge in [0.2, 0.25) is 5.72 Å². The zero-order valence-corrected chi connectivity index (χ0v) is 32.5. The van der Waals surface area contributed by atoms with Gasteiger partial charge in [0.1, 0.15) is 30.4 Å². The average Bonchev–Trinajstić information content (AvgIpc) is 2.91. The van der Waals surface area contributed by atoms with E-state index in [4.69, 9.17) is 0 Å². The maximum absolute atomic E-state index is 12.1. The van der Waals surface area contributed by atoms with Crippen LogP contribution in [0.4, 0.5) is 17.1 Å². The molecule has 0 radical (unpaired) electrons. The summed E-state index contributed by atoms with van der Waals surface area (Å²) in [7, 11) is -15.1. The summed E-state index contributed by atoms with van der Waals surface area (Å²) in [6.45, 7) is 0. The van der Waals surface area contributed by atoms with Crippen molar-refractivity contribution in [3.8, 4) is 0 Å². The molecule has 0 spiro atoms. The number of nitrogens with one attached hydrogen (secondary N) is 1. The van der Waals surface area contributed by atoms with E-state index in [9.17, 15) is 44.0 Å². The van der Waals surface area contributed by atoms with E-state index in [1.165, 1.54) is 24.3 Å². The SMILES string of the molecule is O=S(=O)([O-])C1=Cc2cc(S(=O)(=O)[O-])ccc2C(O)(N=Nc2ccc(Nc3ccccc3)c3c(S(=O)(=O)[O-])cccc23)C1.[Na+].[Na+].[Na+]. The van der Waals surface area contributed by atoms with Gasteiger partial charge in [-0.15, -0.1) is 5.11 Å². The Kier molecular flexibility index (Phi) is 13.4. The third-order valence-corrected chi connectivity index (χ3v) is 9.04. The summed E-state index contributed by atoms with van der Waals surface area (Å²) in [4.78, 5) is -2.14. The predicted molar refractivity (Wildman–Crippen MR) is 147 cm³/mol. The number of rotatable bonds is 7. The summed E-state index contributed by atoms with van der Waals surface area (Å²) in [5, 5.41) is 22.5. The summed E-state index contributed by atoms with van der Waals surface area (Å²) in [6.07, 6.45) is -0.0360. The number of benzene rings is 4. The van der Waals surface area contributed by atoms with Gasteiger partial charge in [0.05, 0.1) is 15.5 Å². The largest absolute Gasteiger partial charge is 1.00 e. The zero-order valence-electron chi connectivity index (χ0n) is 24.0. The molecule has 0 amide bonds. The molecular weight excluding hydrogens is 679 g/mol. The van der Waals surface area contributed by atoms with Gasteiger partial charge >= 0.3 is 88.7 Å². The van der Waals surface area contributed by atoms with Crippen LogP contribution in [0, 0.1) is 0 Å². The second kappa shape index (κ2) is 15.0. The monoisotopic (exact) mass is 697 g/mol. The van der Waals surface area contributed by atoms with Gasteiger partial charge in [0, 0.05) is 39.0 Å². The molecule has 0 fully saturated rings. The molecule has 1 unspecified atom stereocenters. The Hall–Kier alpha value is -1.03. The summed E-state index contributed by atoms with van der Waals surface area (Å²) in [5.74, 6) is 0. The van der Waals surface area contributed by atoms with Crippen LogP contribution in [0.15, 0.2) is 104 Å². The molecule has 1 atom stereocenters. The van der Waals surface area contributed by atoms with Gasteiger partial charge in [0.25, 0.3) is 0 Å². The summed E-state index contributed by atoms with van der Waals surface area (Å²) < 4.78 is 107. The van der Waals surface area contributed by atoms with Gasteiger partial charge in [-0.2, -0.15) is 5.11 Å². The van der Waals surface area contributed by atoms with Crippen molar-refractivity contribution in [2.24, 2.45) is 10.2 Å². The van der Waals surface area contributed by atoms with Crippen molar-refractivity contribution in [2.45, 2.75) is 21.9 Å². The van der Waals surface area contributed by atoms with Crippen LogP contribution in [0.2, 0.25) is 0 Å². The number of anilines is 2. The molecular formula is C26H18N3Na3O10S3. The molecule has 218 valence electrons. The molecule has 5 rings (SSSR count). The van der Waals surface area contributed by atoms with E-state index in [0.29, 0.717) is 5.69 Å². The van der Waals surface area contributed by atoms with Crippen LogP contribution < -0.4 is 94.0 Å². The normalized spacial score (nSPS) is 16.5. The van der Waals surface area contributed by atoms with E-state index in [-0.39, 0.29) is 122 Å². The first-order valence-corrected chi connectivity index (χ1v) is 16.0. The number of azo groups is 1. The molecule has 1 aliphatic rings. The fourth-order valence-electron chi connectivity index (χ4n) is 4.56. The molecule has 0 saturated heterocycles. The molecule has 0 heterocycles. The van der Waals surface area contributed by atoms with E-state index in [1.807, 2.05) is 0 Å². The number of nitrogens with zero attached hydrogens (tertiary/aromatic N) is 2. The summed E-state index contributed by atoms with van der Waals surface area (Å²) in [5.41, 5.74) is -2.15. The molecule has 0 aliphatic heterocycles. The first-order valence-electron chi connectivity index (χ1n) is 11.8. The van der Waals surface area contributed by atoms with Crippen LogP contribution in [0.1, 0.15) is 17.5 Å². The van der Waals surface area contributed by atoms with Gasteiger partial charge in [0.15, 0.2) is 0 Å². The number of aliphatic hydroxyl groups is 1. The molecule has 13 nitrogen and oxygen atoms in total. The molecule has 19 heteroatoms. The van der Waals surface area contributed by atoms with Crippen molar-refractivity contribution in [1.29, 1.82) is 0 Å². The van der Waals surface area contributed by atoms with Crippen LogP contribution in [-0.2, 0) is 36.1 Å². The molecule has 4 aromatic rings. The van der Waals surface area contributed by atoms with Crippen LogP contribution in [0.25, 0.3) is 16.8 Å². The quantitative estimate of drug-likeness (QED) is 0.105. The average molecular weight is 698 g/mol. The Morgan fingerprint density at radius 2 is 1.42 bits per heavy atom. The fourth-order valence-corrected chi connectivity index (χ4v) is 6.43. The molecule has 45 heavy (non-hydrogen) atoms. The van der Waals surface area contributed by atoms with Gasteiger partial charge in [-0.25, -0.2) is 25.3 Å². The minimum atomic E-state index is -5.15. The maximum Gasteiger partial charge on any atom is 1.00 e. The van der Waals surface area contributed by atoms with Crippen molar-refractivity contribution in [3.05, 3.63) is 94.9 Å². The maximum atomic E-state index is 12.1. The number of fused-ring (bicyclic) bond motifs is 2. The van der Waals surface area contributed by atoms with Gasteiger partial charge < -0.3 is 24.1 Å². The molecule has 0 aromatic heterocycles. The number of para-hydroxylation sites is 1. The first kappa shape index (κ1) is 40.1. The van der Waals surface area contributed by atoms with Crippen LogP contribution >= 0.6 is 0 Å². The van der Waals surface area contributed by atoms with Crippen LogP contribution in [0.5, 0.6) is 0 Å². The molecule has 0 saturated carbocycles. The minimum absolute atomic E-state index is 0. The third-order valence-electron chi connectivity index (χ3n) is 6.43. The second-order valence-corrected chi connectivity index (χ2v) is 13.4. The smallest absolute Gasteiger partial charge is 0.744 e. The minimum Gasteiger partial charge on any atom is -0.744 e. The third kappa shape index (κ3) is 8.91. The van der Waals surface area contributed by atoms with Crippen molar-refractivity contribution in [1.82, 2.24) is 0 Å². The first-order chi connectivity index (χ1) is 19.6. The van der Waals surface area contributed by atoms with Crippen molar-refractivity contribution in [3.63, 3.8) is 0 Å². The van der Waals surface area contributed by atoms with Gasteiger partial charge in [-0.1, -0.05) is 36.4 Å². The fraction of sp³-hybridized carbons (Fsp3) is 0.0769. The molecule has 1 aliphatic carbocycles. The predicted octanol–water partition coefficient (Wildman–Crippen LogP) is -5.38. The van der Waals surface area contributed by atoms with E-state index in [1.54, 1.807) is 30.3 Å². The van der Waals surface area contributed by atoms with E-state index in [2.05, 4.69) is 15.5 Å². The molecule has 0 bridgehead atoms. The zero-order chi connectivity index (χ0) is 30.5. The van der Waals surface area contributed by atoms with E-state index >= 15 is 0 Å². The van der Waals surface area contributed by atoms with Crippen molar-refractivity contribution in [2.75, 3.05) is 5.32 Å². The van der Waals surface area contributed by atoms with Gasteiger partial charge in [-0.3, -0.25) is 0 Å². The Bertz CT molecular complexity index is 2150. The van der Waals surface area contributed by atoms with Crippen LogP contribution in [0.3, 0.4) is 0 Å². The Balaban J connectivity index is 0.00000235. The summed E-state index contributed by atoms with van der Waals surface area (Å²) >= 11 is 0. The van der Waals surface area contributed by atoms with E-state index in [0.717, 1.165) is 30.3 Å². The van der Waals surface area contributed by atoms with Gasteiger partial charge in [-0.05, 0) is 54.1 Å². The standard InChI is InChI=1S/C26H21N3O10S3.3Na/c30-26(15-19(41(34,35)36)14-16-13-18(40(31,32)33)9-10-21(16)26)29-28-22-11-12-23(27-17-5-2-1-3-6-17)25-20(22)7-4-8-24(25)42(37,38)39;;;/h1-14,27,30H,15H2,(H,31,32,33)(H,34,35,36)(H,37,38,39);;;/q;3*+1/p-3. The molecule has 2 N–H and O–H groups in total. The van der Waals surface area contributed by atoms with Crippen molar-refractivity contribution >= 4 is 64.3 Å². The van der Waals surface area contributed by atoms with Crippen LogP contribution in [-0.4, -0.2) is 44.0 Å². The second-order valence-electron chi connectivity index (χ2n) is 9.22. The Morgan fingerprint density at radius 1 is 0.756 bits per heavy atom. The number of hydrogen-bond acceptors (Lipinski definition) is 13.